The summed E-state index contributed by atoms with van der Waals surface area (Å²) in [5.74, 6) is -0.991. The van der Waals surface area contributed by atoms with Gasteiger partial charge in [0.2, 0.25) is 0 Å². The molecular formula is C22H24ClFN2O2. The molecule has 0 aromatic heterocycles. The molecule has 6 heteroatoms. The summed E-state index contributed by atoms with van der Waals surface area (Å²) in [6, 6.07) is 9.38. The molecule has 2 atom stereocenters. The van der Waals surface area contributed by atoms with E-state index in [-0.39, 0.29) is 17.0 Å². The molecule has 0 spiro atoms. The van der Waals surface area contributed by atoms with Gasteiger partial charge in [-0.25, -0.2) is 4.39 Å². The van der Waals surface area contributed by atoms with E-state index in [1.54, 1.807) is 18.2 Å². The van der Waals surface area contributed by atoms with Gasteiger partial charge in [0.15, 0.2) is 5.78 Å². The van der Waals surface area contributed by atoms with Crippen molar-refractivity contribution in [1.82, 2.24) is 0 Å². The van der Waals surface area contributed by atoms with Crippen LogP contribution in [0.4, 0.5) is 10.1 Å². The predicted octanol–water partition coefficient (Wildman–Crippen LogP) is 5.79. The number of rotatable bonds is 7. The van der Waals surface area contributed by atoms with Gasteiger partial charge in [0.05, 0.1) is 0 Å². The lowest BCUT2D eigenvalue weighted by atomic mass is 9.88. The molecule has 4 nitrogen and oxygen atoms in total. The summed E-state index contributed by atoms with van der Waals surface area (Å²) in [5.41, 5.74) is 2.51. The molecule has 1 aliphatic rings. The Morgan fingerprint density at radius 1 is 1.36 bits per heavy atom. The summed E-state index contributed by atoms with van der Waals surface area (Å²) in [6.07, 6.45) is 4.78. The van der Waals surface area contributed by atoms with Crippen LogP contribution in [-0.2, 0) is 4.74 Å². The molecule has 1 unspecified atom stereocenters. The Bertz CT molecular complexity index is 866. The number of carbonyl (C=O) groups excluding carboxylic acids is 1. The third-order valence-corrected chi connectivity index (χ3v) is 5.38. The van der Waals surface area contributed by atoms with E-state index < -0.39 is 11.7 Å². The number of nitrogens with one attached hydrogen (secondary N) is 2. The van der Waals surface area contributed by atoms with Crippen molar-refractivity contribution < 1.29 is 13.9 Å². The van der Waals surface area contributed by atoms with Crippen LogP contribution >= 0.6 is 11.6 Å². The Kier molecular flexibility index (Phi) is 6.81. The van der Waals surface area contributed by atoms with Crippen molar-refractivity contribution in [3.05, 3.63) is 63.9 Å². The fourth-order valence-electron chi connectivity index (χ4n) is 3.53. The van der Waals surface area contributed by atoms with Gasteiger partial charge in [0, 0.05) is 40.6 Å². The summed E-state index contributed by atoms with van der Waals surface area (Å²) in [7, 11) is 0. The zero-order valence-electron chi connectivity index (χ0n) is 15.8. The Balaban J connectivity index is 1.85. The minimum atomic E-state index is -0.466. The summed E-state index contributed by atoms with van der Waals surface area (Å²) in [6.45, 7) is 2.63. The SMILES string of the molecule is CC[C@H](C(=O)c1ccc(NC2CCCCO2)c(C=N)c1)c1ccc(F)cc1Cl. The van der Waals surface area contributed by atoms with E-state index in [9.17, 15) is 9.18 Å². The summed E-state index contributed by atoms with van der Waals surface area (Å²) in [5, 5.41) is 11.3. The molecule has 1 heterocycles. The summed E-state index contributed by atoms with van der Waals surface area (Å²) >= 11 is 6.17. The second-order valence-electron chi connectivity index (χ2n) is 6.94. The molecule has 1 aliphatic heterocycles. The molecule has 28 heavy (non-hydrogen) atoms. The molecule has 3 rings (SSSR count). The first-order chi connectivity index (χ1) is 13.5. The number of carbonyl (C=O) groups is 1. The Morgan fingerprint density at radius 3 is 2.82 bits per heavy atom. The van der Waals surface area contributed by atoms with E-state index in [0.29, 0.717) is 23.1 Å². The topological polar surface area (TPSA) is 62.2 Å². The molecule has 2 aromatic carbocycles. The van der Waals surface area contributed by atoms with Crippen LogP contribution in [-0.4, -0.2) is 24.8 Å². The quantitative estimate of drug-likeness (QED) is 0.455. The van der Waals surface area contributed by atoms with E-state index >= 15 is 0 Å². The highest BCUT2D eigenvalue weighted by Crippen LogP contribution is 2.31. The number of ether oxygens (including phenoxy) is 1. The van der Waals surface area contributed by atoms with Crippen molar-refractivity contribution in [1.29, 1.82) is 5.41 Å². The van der Waals surface area contributed by atoms with Gasteiger partial charge in [0.1, 0.15) is 12.0 Å². The smallest absolute Gasteiger partial charge is 0.170 e. The van der Waals surface area contributed by atoms with Gasteiger partial charge in [-0.3, -0.25) is 4.79 Å². The van der Waals surface area contributed by atoms with Crippen LogP contribution in [0.25, 0.3) is 0 Å². The van der Waals surface area contributed by atoms with E-state index in [1.807, 2.05) is 13.0 Å². The van der Waals surface area contributed by atoms with Gasteiger partial charge in [0.25, 0.3) is 0 Å². The molecule has 1 saturated heterocycles. The largest absolute Gasteiger partial charge is 0.360 e. The Hall–Kier alpha value is -2.24. The van der Waals surface area contributed by atoms with Crippen LogP contribution in [0.2, 0.25) is 5.02 Å². The fourth-order valence-corrected chi connectivity index (χ4v) is 3.83. The van der Waals surface area contributed by atoms with Gasteiger partial charge >= 0.3 is 0 Å². The number of Topliss-reactive ketones (excluding diaryl/α,β-unsaturated/α-hetero) is 1. The van der Waals surface area contributed by atoms with Crippen molar-refractivity contribution in [2.24, 2.45) is 0 Å². The predicted molar refractivity (Wildman–Crippen MR) is 110 cm³/mol. The maximum Gasteiger partial charge on any atom is 0.170 e. The zero-order valence-corrected chi connectivity index (χ0v) is 16.6. The number of benzene rings is 2. The normalized spacial score (nSPS) is 17.8. The first kappa shape index (κ1) is 20.5. The molecule has 0 bridgehead atoms. The molecular weight excluding hydrogens is 379 g/mol. The molecule has 0 amide bonds. The van der Waals surface area contributed by atoms with E-state index in [0.717, 1.165) is 31.6 Å². The van der Waals surface area contributed by atoms with Crippen LogP contribution in [0.5, 0.6) is 0 Å². The van der Waals surface area contributed by atoms with Crippen molar-refractivity contribution >= 4 is 29.3 Å². The highest BCUT2D eigenvalue weighted by Gasteiger charge is 2.24. The van der Waals surface area contributed by atoms with Gasteiger partial charge < -0.3 is 15.5 Å². The number of ketones is 1. The molecule has 2 aromatic rings. The second-order valence-corrected chi connectivity index (χ2v) is 7.34. The Labute approximate surface area is 169 Å². The minimum Gasteiger partial charge on any atom is -0.360 e. The van der Waals surface area contributed by atoms with Crippen LogP contribution in [0.15, 0.2) is 36.4 Å². The van der Waals surface area contributed by atoms with Crippen molar-refractivity contribution in [3.63, 3.8) is 0 Å². The molecule has 2 N–H and O–H groups in total. The summed E-state index contributed by atoms with van der Waals surface area (Å²) < 4.78 is 19.1. The summed E-state index contributed by atoms with van der Waals surface area (Å²) in [4.78, 5) is 13.1. The monoisotopic (exact) mass is 402 g/mol. The van der Waals surface area contributed by atoms with Gasteiger partial charge in [-0.2, -0.15) is 0 Å². The van der Waals surface area contributed by atoms with E-state index in [2.05, 4.69) is 5.32 Å². The highest BCUT2D eigenvalue weighted by molar-refractivity contribution is 6.31. The first-order valence-electron chi connectivity index (χ1n) is 9.55. The lowest BCUT2D eigenvalue weighted by Gasteiger charge is -2.25. The van der Waals surface area contributed by atoms with Crippen molar-refractivity contribution in [2.45, 2.75) is 44.8 Å². The third-order valence-electron chi connectivity index (χ3n) is 5.05. The fraction of sp³-hybridized carbons (Fsp3) is 0.364. The average molecular weight is 403 g/mol. The second kappa shape index (κ2) is 9.30. The van der Waals surface area contributed by atoms with Crippen LogP contribution < -0.4 is 5.32 Å². The van der Waals surface area contributed by atoms with Gasteiger partial charge in [-0.1, -0.05) is 24.6 Å². The highest BCUT2D eigenvalue weighted by atomic mass is 35.5. The average Bonchev–Trinajstić information content (AvgIpc) is 2.71. The molecule has 0 radical (unpaired) electrons. The van der Waals surface area contributed by atoms with Crippen LogP contribution in [0.1, 0.15) is 60.0 Å². The van der Waals surface area contributed by atoms with E-state index in [4.69, 9.17) is 21.7 Å². The third kappa shape index (κ3) is 4.59. The number of anilines is 1. The van der Waals surface area contributed by atoms with Crippen LogP contribution in [0, 0.1) is 11.2 Å². The lowest BCUT2D eigenvalue weighted by molar-refractivity contribution is 0.0343. The number of hydrogen-bond donors (Lipinski definition) is 2. The van der Waals surface area contributed by atoms with E-state index in [1.165, 1.54) is 18.3 Å². The zero-order chi connectivity index (χ0) is 20.1. The maximum atomic E-state index is 13.4. The molecule has 1 fully saturated rings. The standard InChI is InChI=1S/C22H24ClFN2O2/c1-2-17(18-8-7-16(24)12-19(18)23)22(27)14-6-9-20(15(11-14)13-25)26-21-5-3-4-10-28-21/h6-9,11-13,17,21,25-26H,2-5,10H2,1H3/t17-,21?/m0/s1. The lowest BCUT2D eigenvalue weighted by Crippen LogP contribution is -2.27. The van der Waals surface area contributed by atoms with Gasteiger partial charge in [-0.05, 0) is 61.6 Å². The maximum absolute atomic E-state index is 13.4. The van der Waals surface area contributed by atoms with Crippen molar-refractivity contribution in [2.75, 3.05) is 11.9 Å². The molecule has 0 saturated carbocycles. The Morgan fingerprint density at radius 2 is 2.18 bits per heavy atom. The first-order valence-corrected chi connectivity index (χ1v) is 9.93. The number of halogens is 2. The van der Waals surface area contributed by atoms with Crippen LogP contribution in [0.3, 0.4) is 0 Å². The molecule has 0 aliphatic carbocycles. The minimum absolute atomic E-state index is 0.0737. The molecule has 148 valence electrons. The van der Waals surface area contributed by atoms with Crippen molar-refractivity contribution in [3.8, 4) is 0 Å². The van der Waals surface area contributed by atoms with Gasteiger partial charge in [-0.15, -0.1) is 0 Å². The number of hydrogen-bond acceptors (Lipinski definition) is 4.